The highest BCUT2D eigenvalue weighted by Gasteiger charge is 2.28. The van der Waals surface area contributed by atoms with E-state index in [1.54, 1.807) is 13.0 Å². The highest BCUT2D eigenvalue weighted by Crippen LogP contribution is 2.39. The SMILES string of the molecule is C=CCn1c(COc2ccccc2)nnc1SCC(=O)Nc1sc2c(c1C(=O)OCC)CCC2. The largest absolute Gasteiger partial charge is 0.486 e. The molecule has 0 spiro atoms. The van der Waals surface area contributed by atoms with Crippen molar-refractivity contribution in [1.29, 1.82) is 0 Å². The number of para-hydroxylation sites is 1. The topological polar surface area (TPSA) is 95.3 Å². The van der Waals surface area contributed by atoms with Crippen LogP contribution in [-0.4, -0.2) is 39.0 Å². The molecule has 3 aromatic rings. The van der Waals surface area contributed by atoms with Gasteiger partial charge in [0.15, 0.2) is 11.0 Å². The maximum atomic E-state index is 12.8. The predicted octanol–water partition coefficient (Wildman–Crippen LogP) is 4.50. The number of carbonyl (C=O) groups is 2. The molecule has 0 radical (unpaired) electrons. The zero-order valence-corrected chi connectivity index (χ0v) is 20.5. The number of hydrogen-bond donors (Lipinski definition) is 1. The van der Waals surface area contributed by atoms with Gasteiger partial charge in [-0.05, 0) is 43.9 Å². The maximum Gasteiger partial charge on any atom is 0.341 e. The van der Waals surface area contributed by atoms with E-state index in [2.05, 4.69) is 22.1 Å². The van der Waals surface area contributed by atoms with Crippen LogP contribution in [0.15, 0.2) is 48.1 Å². The fraction of sp³-hybridized carbons (Fsp3) is 0.333. The lowest BCUT2D eigenvalue weighted by Gasteiger charge is -2.10. The molecule has 0 fully saturated rings. The highest BCUT2D eigenvalue weighted by molar-refractivity contribution is 7.99. The summed E-state index contributed by atoms with van der Waals surface area (Å²) in [7, 11) is 0. The van der Waals surface area contributed by atoms with Gasteiger partial charge in [-0.25, -0.2) is 4.79 Å². The van der Waals surface area contributed by atoms with Gasteiger partial charge in [-0.1, -0.05) is 36.0 Å². The summed E-state index contributed by atoms with van der Waals surface area (Å²) in [6.45, 7) is 6.62. The number of hydrogen-bond acceptors (Lipinski definition) is 8. The Balaban J connectivity index is 1.41. The zero-order valence-electron chi connectivity index (χ0n) is 18.9. The summed E-state index contributed by atoms with van der Waals surface area (Å²) >= 11 is 2.74. The first-order valence-electron chi connectivity index (χ1n) is 11.1. The third-order valence-corrected chi connectivity index (χ3v) is 7.38. The van der Waals surface area contributed by atoms with Gasteiger partial charge >= 0.3 is 5.97 Å². The van der Waals surface area contributed by atoms with Crippen molar-refractivity contribution < 1.29 is 19.1 Å². The molecule has 2 heterocycles. The Labute approximate surface area is 206 Å². The fourth-order valence-corrected chi connectivity index (χ4v) is 5.77. The Morgan fingerprint density at radius 2 is 2.09 bits per heavy atom. The maximum absolute atomic E-state index is 12.8. The molecule has 1 aliphatic rings. The van der Waals surface area contributed by atoms with Crippen LogP contribution >= 0.6 is 23.1 Å². The minimum absolute atomic E-state index is 0.125. The summed E-state index contributed by atoms with van der Waals surface area (Å²) in [6, 6.07) is 9.48. The molecule has 178 valence electrons. The molecule has 1 N–H and O–H groups in total. The second-order valence-electron chi connectivity index (χ2n) is 7.52. The van der Waals surface area contributed by atoms with Crippen LogP contribution in [0.5, 0.6) is 5.75 Å². The molecule has 10 heteroatoms. The summed E-state index contributed by atoms with van der Waals surface area (Å²) in [5, 5.41) is 12.5. The van der Waals surface area contributed by atoms with Crippen molar-refractivity contribution in [2.75, 3.05) is 17.7 Å². The Morgan fingerprint density at radius 1 is 1.26 bits per heavy atom. The number of thioether (sulfide) groups is 1. The number of ether oxygens (including phenoxy) is 2. The molecule has 0 atom stereocenters. The molecular formula is C24H26N4O4S2. The third-order valence-electron chi connectivity index (χ3n) is 5.20. The van der Waals surface area contributed by atoms with Gasteiger partial charge in [0.25, 0.3) is 0 Å². The molecular weight excluding hydrogens is 472 g/mol. The number of allylic oxidation sites excluding steroid dienone is 1. The molecule has 1 aromatic carbocycles. The number of aromatic nitrogens is 3. The predicted molar refractivity (Wildman–Crippen MR) is 133 cm³/mol. The van der Waals surface area contributed by atoms with Gasteiger partial charge in [0.2, 0.25) is 5.91 Å². The van der Waals surface area contributed by atoms with Gasteiger partial charge < -0.3 is 14.8 Å². The molecule has 8 nitrogen and oxygen atoms in total. The van der Waals surface area contributed by atoms with Gasteiger partial charge in [0.1, 0.15) is 17.4 Å². The van der Waals surface area contributed by atoms with Crippen LogP contribution < -0.4 is 10.1 Å². The second kappa shape index (κ2) is 11.3. The van der Waals surface area contributed by atoms with E-state index in [0.717, 1.165) is 35.5 Å². The summed E-state index contributed by atoms with van der Waals surface area (Å²) in [6.07, 6.45) is 4.53. The van der Waals surface area contributed by atoms with E-state index in [9.17, 15) is 9.59 Å². The molecule has 34 heavy (non-hydrogen) atoms. The molecule has 0 saturated carbocycles. The smallest absolute Gasteiger partial charge is 0.341 e. The van der Waals surface area contributed by atoms with Crippen LogP contribution in [0.2, 0.25) is 0 Å². The average molecular weight is 499 g/mol. The van der Waals surface area contributed by atoms with E-state index < -0.39 is 0 Å². The van der Waals surface area contributed by atoms with E-state index in [0.29, 0.717) is 34.7 Å². The van der Waals surface area contributed by atoms with Crippen molar-refractivity contribution in [2.24, 2.45) is 0 Å². The standard InChI is InChI=1S/C24H26N4O4S2/c1-3-13-28-19(14-32-16-9-6-5-7-10-16)26-27-24(28)33-15-20(29)25-22-21(23(30)31-4-2)17-11-8-12-18(17)34-22/h3,5-7,9-10H,1,4,8,11-15H2,2H3,(H,25,29). The minimum atomic E-state index is -0.376. The summed E-state index contributed by atoms with van der Waals surface area (Å²) < 4.78 is 12.9. The molecule has 4 rings (SSSR count). The monoisotopic (exact) mass is 498 g/mol. The van der Waals surface area contributed by atoms with E-state index >= 15 is 0 Å². The summed E-state index contributed by atoms with van der Waals surface area (Å²) in [5.41, 5.74) is 1.52. The lowest BCUT2D eigenvalue weighted by Crippen LogP contribution is -2.17. The second-order valence-corrected chi connectivity index (χ2v) is 9.57. The zero-order chi connectivity index (χ0) is 23.9. The van der Waals surface area contributed by atoms with Crippen LogP contribution in [0.4, 0.5) is 5.00 Å². The Bertz CT molecular complexity index is 1170. The number of nitrogens with zero attached hydrogens (tertiary/aromatic N) is 3. The van der Waals surface area contributed by atoms with Crippen molar-refractivity contribution in [3.63, 3.8) is 0 Å². The first-order chi connectivity index (χ1) is 16.6. The fourth-order valence-electron chi connectivity index (χ4n) is 3.71. The number of thiophene rings is 1. The molecule has 1 aliphatic carbocycles. The highest BCUT2D eigenvalue weighted by atomic mass is 32.2. The van der Waals surface area contributed by atoms with Crippen LogP contribution in [0, 0.1) is 0 Å². The number of amides is 1. The molecule has 1 amide bonds. The van der Waals surface area contributed by atoms with Crippen LogP contribution in [0.25, 0.3) is 0 Å². The van der Waals surface area contributed by atoms with Gasteiger partial charge in [-0.3, -0.25) is 9.36 Å². The number of aryl methyl sites for hydroxylation is 1. The molecule has 0 bridgehead atoms. The van der Waals surface area contributed by atoms with Crippen molar-refractivity contribution >= 4 is 40.0 Å². The Kier molecular flexibility index (Phi) is 8.02. The number of esters is 1. The van der Waals surface area contributed by atoms with Crippen LogP contribution in [0.3, 0.4) is 0 Å². The lowest BCUT2D eigenvalue weighted by molar-refractivity contribution is -0.113. The van der Waals surface area contributed by atoms with Gasteiger partial charge in [0.05, 0.1) is 17.9 Å². The van der Waals surface area contributed by atoms with Gasteiger partial charge in [0, 0.05) is 11.4 Å². The van der Waals surface area contributed by atoms with E-state index in [4.69, 9.17) is 9.47 Å². The lowest BCUT2D eigenvalue weighted by atomic mass is 10.1. The van der Waals surface area contributed by atoms with Crippen molar-refractivity contribution in [3.05, 3.63) is 64.8 Å². The number of anilines is 1. The first-order valence-corrected chi connectivity index (χ1v) is 12.9. The van der Waals surface area contributed by atoms with Crippen LogP contribution in [-0.2, 0) is 35.5 Å². The van der Waals surface area contributed by atoms with Crippen molar-refractivity contribution in [1.82, 2.24) is 14.8 Å². The van der Waals surface area contributed by atoms with Crippen molar-refractivity contribution in [3.8, 4) is 5.75 Å². The molecule has 0 saturated heterocycles. The number of nitrogens with one attached hydrogen (secondary N) is 1. The van der Waals surface area contributed by atoms with Gasteiger partial charge in [-0.15, -0.1) is 28.1 Å². The Morgan fingerprint density at radius 3 is 2.85 bits per heavy atom. The molecule has 0 aliphatic heterocycles. The quantitative estimate of drug-likeness (QED) is 0.236. The molecule has 0 unspecified atom stereocenters. The number of rotatable bonds is 11. The molecule has 2 aromatic heterocycles. The normalized spacial score (nSPS) is 12.3. The van der Waals surface area contributed by atoms with Crippen LogP contribution in [0.1, 0.15) is 40.0 Å². The van der Waals surface area contributed by atoms with Crippen molar-refractivity contribution in [2.45, 2.75) is 44.5 Å². The average Bonchev–Trinajstić information content (AvgIpc) is 3.52. The summed E-state index contributed by atoms with van der Waals surface area (Å²) in [5.74, 6) is 0.916. The summed E-state index contributed by atoms with van der Waals surface area (Å²) in [4.78, 5) is 26.4. The third kappa shape index (κ3) is 5.51. The van der Waals surface area contributed by atoms with Gasteiger partial charge in [-0.2, -0.15) is 0 Å². The Hall–Kier alpha value is -3.11. The van der Waals surface area contributed by atoms with E-state index in [-0.39, 0.29) is 24.2 Å². The first kappa shape index (κ1) is 24.0. The minimum Gasteiger partial charge on any atom is -0.486 e. The number of benzene rings is 1. The number of fused-ring (bicyclic) bond motifs is 1. The van der Waals surface area contributed by atoms with E-state index in [1.807, 2.05) is 34.9 Å². The van der Waals surface area contributed by atoms with E-state index in [1.165, 1.54) is 23.1 Å². The number of carbonyl (C=O) groups excluding carboxylic acids is 2.